The first kappa shape index (κ1) is 11.8. The van der Waals surface area contributed by atoms with Gasteiger partial charge >= 0.3 is 0 Å². The quantitative estimate of drug-likeness (QED) is 0.547. The smallest absolute Gasteiger partial charge is 0.253 e. The number of carbonyl (C=O) groups excluding carboxylic acids is 1. The molecular weight excluding hydrogens is 242 g/mol. The van der Waals surface area contributed by atoms with Gasteiger partial charge in [0, 0.05) is 5.56 Å². The number of halogens is 3. The van der Waals surface area contributed by atoms with E-state index in [1.807, 2.05) is 26.0 Å². The van der Waals surface area contributed by atoms with Crippen LogP contribution < -0.4 is 0 Å². The number of alkyl halides is 3. The SMILES string of the molecule is Cc1ccc(C(=O)C(Cl)(Cl)Cl)c(C)c1. The highest BCUT2D eigenvalue weighted by Crippen LogP contribution is 2.31. The van der Waals surface area contributed by atoms with Crippen molar-refractivity contribution in [3.8, 4) is 0 Å². The second-order valence-electron chi connectivity index (χ2n) is 3.15. The third-order valence-electron chi connectivity index (χ3n) is 1.88. The molecule has 1 nitrogen and oxygen atoms in total. The molecule has 76 valence electrons. The normalized spacial score (nSPS) is 11.5. The first-order valence-electron chi connectivity index (χ1n) is 4.01. The Hall–Kier alpha value is -0.240. The highest BCUT2D eigenvalue weighted by atomic mass is 35.6. The zero-order valence-corrected chi connectivity index (χ0v) is 10.0. The average molecular weight is 252 g/mol. The Kier molecular flexibility index (Phi) is 3.46. The Bertz CT molecular complexity index is 366. The van der Waals surface area contributed by atoms with Crippen LogP contribution in [0.2, 0.25) is 0 Å². The van der Waals surface area contributed by atoms with E-state index in [1.54, 1.807) is 6.07 Å². The molecule has 0 amide bonds. The number of Topliss-reactive ketones (excluding diaryl/α,β-unsaturated/α-hetero) is 1. The second kappa shape index (κ2) is 4.09. The Morgan fingerprint density at radius 1 is 1.21 bits per heavy atom. The van der Waals surface area contributed by atoms with Gasteiger partial charge in [-0.3, -0.25) is 4.79 Å². The number of ketones is 1. The van der Waals surface area contributed by atoms with Gasteiger partial charge in [-0.15, -0.1) is 0 Å². The maximum atomic E-state index is 11.6. The molecular formula is C10H9Cl3O. The number of hydrogen-bond donors (Lipinski definition) is 0. The van der Waals surface area contributed by atoms with E-state index < -0.39 is 9.58 Å². The number of aryl methyl sites for hydroxylation is 2. The van der Waals surface area contributed by atoms with E-state index in [-0.39, 0.29) is 0 Å². The van der Waals surface area contributed by atoms with Gasteiger partial charge in [0.15, 0.2) is 0 Å². The van der Waals surface area contributed by atoms with Gasteiger partial charge in [0.1, 0.15) is 0 Å². The second-order valence-corrected chi connectivity index (χ2v) is 5.43. The van der Waals surface area contributed by atoms with Gasteiger partial charge in [-0.1, -0.05) is 58.6 Å². The molecule has 0 fully saturated rings. The lowest BCUT2D eigenvalue weighted by atomic mass is 10.0. The third-order valence-corrected chi connectivity index (χ3v) is 2.40. The lowest BCUT2D eigenvalue weighted by Crippen LogP contribution is -2.19. The highest BCUT2D eigenvalue weighted by Gasteiger charge is 2.32. The topological polar surface area (TPSA) is 17.1 Å². The largest absolute Gasteiger partial charge is 0.289 e. The van der Waals surface area contributed by atoms with E-state index in [1.165, 1.54) is 0 Å². The summed E-state index contributed by atoms with van der Waals surface area (Å²) in [5, 5.41) is 0. The van der Waals surface area contributed by atoms with Crippen molar-refractivity contribution in [1.82, 2.24) is 0 Å². The molecule has 0 aliphatic heterocycles. The van der Waals surface area contributed by atoms with Crippen molar-refractivity contribution in [3.05, 3.63) is 34.9 Å². The third kappa shape index (κ3) is 2.63. The minimum atomic E-state index is -1.87. The average Bonchev–Trinajstić information content (AvgIpc) is 2.01. The van der Waals surface area contributed by atoms with E-state index in [0.29, 0.717) is 5.56 Å². The molecule has 4 heteroatoms. The lowest BCUT2D eigenvalue weighted by Gasteiger charge is -2.11. The summed E-state index contributed by atoms with van der Waals surface area (Å²) in [6, 6.07) is 5.37. The molecule has 0 aliphatic rings. The van der Waals surface area contributed by atoms with Crippen molar-refractivity contribution >= 4 is 40.6 Å². The monoisotopic (exact) mass is 250 g/mol. The van der Waals surface area contributed by atoms with Crippen LogP contribution in [0.15, 0.2) is 18.2 Å². The molecule has 0 unspecified atom stereocenters. The summed E-state index contributed by atoms with van der Waals surface area (Å²) in [5.74, 6) is -0.486. The lowest BCUT2D eigenvalue weighted by molar-refractivity contribution is 0.0996. The molecule has 0 N–H and O–H groups in total. The van der Waals surface area contributed by atoms with Gasteiger partial charge < -0.3 is 0 Å². The number of carbonyl (C=O) groups is 1. The van der Waals surface area contributed by atoms with Crippen LogP contribution in [0.1, 0.15) is 21.5 Å². The predicted octanol–water partition coefficient (Wildman–Crippen LogP) is 3.86. The van der Waals surface area contributed by atoms with Gasteiger partial charge in [0.2, 0.25) is 5.78 Å². The van der Waals surface area contributed by atoms with Crippen LogP contribution in [0.25, 0.3) is 0 Å². The van der Waals surface area contributed by atoms with Gasteiger partial charge in [-0.25, -0.2) is 0 Å². The molecule has 0 heterocycles. The van der Waals surface area contributed by atoms with Gasteiger partial charge in [-0.2, -0.15) is 0 Å². The van der Waals surface area contributed by atoms with Crippen molar-refractivity contribution in [2.45, 2.75) is 17.6 Å². The Morgan fingerprint density at radius 3 is 2.21 bits per heavy atom. The standard InChI is InChI=1S/C10H9Cl3O/c1-6-3-4-8(7(2)5-6)9(14)10(11,12)13/h3-5H,1-2H3. The fourth-order valence-electron chi connectivity index (χ4n) is 1.22. The Labute approximate surface area is 98.0 Å². The summed E-state index contributed by atoms with van der Waals surface area (Å²) in [4.78, 5) is 11.6. The predicted molar refractivity (Wildman–Crippen MR) is 60.5 cm³/mol. The number of rotatable bonds is 1. The summed E-state index contributed by atoms with van der Waals surface area (Å²) in [6.07, 6.45) is 0. The minimum absolute atomic E-state index is 0.454. The maximum absolute atomic E-state index is 11.6. The van der Waals surface area contributed by atoms with E-state index in [4.69, 9.17) is 34.8 Å². The Morgan fingerprint density at radius 2 is 1.79 bits per heavy atom. The van der Waals surface area contributed by atoms with Gasteiger partial charge in [-0.05, 0) is 19.4 Å². The van der Waals surface area contributed by atoms with E-state index in [2.05, 4.69) is 0 Å². The van der Waals surface area contributed by atoms with E-state index in [0.717, 1.165) is 11.1 Å². The van der Waals surface area contributed by atoms with Gasteiger partial charge in [0.05, 0.1) is 0 Å². The molecule has 0 aliphatic carbocycles. The van der Waals surface area contributed by atoms with Crippen LogP contribution in [-0.4, -0.2) is 9.58 Å². The maximum Gasteiger partial charge on any atom is 0.253 e. The Balaban J connectivity index is 3.15. The fraction of sp³-hybridized carbons (Fsp3) is 0.300. The van der Waals surface area contributed by atoms with Crippen LogP contribution in [0.4, 0.5) is 0 Å². The van der Waals surface area contributed by atoms with Crippen molar-refractivity contribution in [3.63, 3.8) is 0 Å². The molecule has 1 aromatic rings. The van der Waals surface area contributed by atoms with Crippen molar-refractivity contribution < 1.29 is 4.79 Å². The summed E-state index contributed by atoms with van der Waals surface area (Å²) in [6.45, 7) is 3.76. The molecule has 0 saturated heterocycles. The first-order chi connectivity index (χ1) is 6.32. The zero-order valence-electron chi connectivity index (χ0n) is 7.77. The summed E-state index contributed by atoms with van der Waals surface area (Å²) in [5.41, 5.74) is 2.35. The van der Waals surface area contributed by atoms with E-state index in [9.17, 15) is 4.79 Å². The van der Waals surface area contributed by atoms with Crippen molar-refractivity contribution in [2.75, 3.05) is 0 Å². The summed E-state index contributed by atoms with van der Waals surface area (Å²) >= 11 is 16.5. The molecule has 1 aromatic carbocycles. The van der Waals surface area contributed by atoms with Crippen LogP contribution in [0.3, 0.4) is 0 Å². The molecule has 1 rings (SSSR count). The number of benzene rings is 1. The summed E-state index contributed by atoms with van der Waals surface area (Å²) < 4.78 is -1.87. The fourth-order valence-corrected chi connectivity index (χ4v) is 1.53. The minimum Gasteiger partial charge on any atom is -0.289 e. The molecule has 0 aromatic heterocycles. The van der Waals surface area contributed by atoms with Crippen LogP contribution in [-0.2, 0) is 0 Å². The van der Waals surface area contributed by atoms with Crippen LogP contribution in [0, 0.1) is 13.8 Å². The van der Waals surface area contributed by atoms with Crippen LogP contribution in [0.5, 0.6) is 0 Å². The van der Waals surface area contributed by atoms with Gasteiger partial charge in [0.25, 0.3) is 3.79 Å². The molecule has 0 radical (unpaired) electrons. The summed E-state index contributed by atoms with van der Waals surface area (Å²) in [7, 11) is 0. The molecule has 0 bridgehead atoms. The highest BCUT2D eigenvalue weighted by molar-refractivity contribution is 6.77. The van der Waals surface area contributed by atoms with Crippen molar-refractivity contribution in [1.29, 1.82) is 0 Å². The first-order valence-corrected chi connectivity index (χ1v) is 5.14. The zero-order chi connectivity index (χ0) is 10.9. The molecule has 0 spiro atoms. The molecule has 14 heavy (non-hydrogen) atoms. The number of hydrogen-bond acceptors (Lipinski definition) is 1. The van der Waals surface area contributed by atoms with E-state index >= 15 is 0 Å². The van der Waals surface area contributed by atoms with Crippen LogP contribution >= 0.6 is 34.8 Å². The molecule has 0 atom stereocenters. The molecule has 0 saturated carbocycles. The van der Waals surface area contributed by atoms with Crippen molar-refractivity contribution in [2.24, 2.45) is 0 Å².